The van der Waals surface area contributed by atoms with E-state index >= 15 is 0 Å². The minimum atomic E-state index is -0.513. The molecule has 0 atom stereocenters. The molecule has 2 N–H and O–H groups in total. The van der Waals surface area contributed by atoms with Gasteiger partial charge in [-0.05, 0) is 23.8 Å². The third-order valence-corrected chi connectivity index (χ3v) is 2.41. The largest absolute Gasteiger partial charge is 0.366 e. The summed E-state index contributed by atoms with van der Waals surface area (Å²) in [6.45, 7) is 0.493. The first-order valence-corrected chi connectivity index (χ1v) is 5.38. The number of carbonyl (C=O) groups is 1. The van der Waals surface area contributed by atoms with Gasteiger partial charge in [-0.25, -0.2) is 4.98 Å². The van der Waals surface area contributed by atoms with Crippen LogP contribution in [0.3, 0.4) is 0 Å². The number of nitrogens with zero attached hydrogens (tertiary/aromatic N) is 2. The molecule has 0 radical (unpaired) electrons. The third-order valence-electron chi connectivity index (χ3n) is 2.41. The number of allylic oxidation sites excluding steroid dienone is 3. The average molecular weight is 245 g/mol. The summed E-state index contributed by atoms with van der Waals surface area (Å²) in [6.07, 6.45) is 10.1. The normalized spacial score (nSPS) is 16.3. The van der Waals surface area contributed by atoms with Crippen molar-refractivity contribution in [3.05, 3.63) is 66.0 Å². The predicted octanol–water partition coefficient (Wildman–Crippen LogP) is 1.48. The van der Waals surface area contributed by atoms with E-state index in [9.17, 15) is 9.18 Å². The summed E-state index contributed by atoms with van der Waals surface area (Å²) in [5, 5.41) is 0. The van der Waals surface area contributed by atoms with Crippen LogP contribution in [-0.4, -0.2) is 15.8 Å². The second-order valence-corrected chi connectivity index (χ2v) is 3.79. The van der Waals surface area contributed by atoms with Gasteiger partial charge in [0.05, 0.1) is 0 Å². The number of amides is 1. The van der Waals surface area contributed by atoms with Gasteiger partial charge in [-0.2, -0.15) is 4.39 Å². The smallest absolute Gasteiger partial charge is 0.243 e. The molecule has 0 aromatic carbocycles. The van der Waals surface area contributed by atoms with E-state index in [0.717, 1.165) is 5.56 Å². The van der Waals surface area contributed by atoms with E-state index < -0.39 is 11.9 Å². The first-order chi connectivity index (χ1) is 8.65. The number of aromatic nitrogens is 1. The molecule has 2 heterocycles. The van der Waals surface area contributed by atoms with E-state index in [2.05, 4.69) is 4.98 Å². The average Bonchev–Trinajstić information content (AvgIpc) is 2.34. The van der Waals surface area contributed by atoms with Crippen LogP contribution in [0.1, 0.15) is 5.56 Å². The molecule has 1 aliphatic heterocycles. The highest BCUT2D eigenvalue weighted by molar-refractivity contribution is 5.87. The van der Waals surface area contributed by atoms with Gasteiger partial charge in [0, 0.05) is 30.7 Å². The Labute approximate surface area is 104 Å². The maximum absolute atomic E-state index is 12.7. The molecule has 92 valence electrons. The van der Waals surface area contributed by atoms with Crippen LogP contribution in [0.4, 0.5) is 4.39 Å². The molecule has 1 aromatic rings. The fourth-order valence-electron chi connectivity index (χ4n) is 1.61. The van der Waals surface area contributed by atoms with Gasteiger partial charge in [0.15, 0.2) is 0 Å². The fourth-order valence-corrected chi connectivity index (χ4v) is 1.61. The van der Waals surface area contributed by atoms with Gasteiger partial charge in [0.25, 0.3) is 0 Å². The molecule has 5 heteroatoms. The van der Waals surface area contributed by atoms with E-state index in [1.807, 2.05) is 23.3 Å². The van der Waals surface area contributed by atoms with Gasteiger partial charge >= 0.3 is 0 Å². The zero-order valence-electron chi connectivity index (χ0n) is 9.58. The quantitative estimate of drug-likeness (QED) is 0.648. The molecule has 0 fully saturated rings. The maximum Gasteiger partial charge on any atom is 0.243 e. The van der Waals surface area contributed by atoms with Gasteiger partial charge in [-0.3, -0.25) is 4.79 Å². The molecule has 0 aliphatic carbocycles. The van der Waals surface area contributed by atoms with Crippen molar-refractivity contribution < 1.29 is 9.18 Å². The van der Waals surface area contributed by atoms with Crippen molar-refractivity contribution in [1.82, 2.24) is 9.88 Å². The monoisotopic (exact) mass is 245 g/mol. The van der Waals surface area contributed by atoms with Crippen LogP contribution < -0.4 is 5.73 Å². The second-order valence-electron chi connectivity index (χ2n) is 3.79. The van der Waals surface area contributed by atoms with Gasteiger partial charge in [0.2, 0.25) is 11.9 Å². The minimum Gasteiger partial charge on any atom is -0.366 e. The maximum atomic E-state index is 12.7. The SMILES string of the molecule is NC(=O)C=C1C=CC=CN1Cc1ccc(F)nc1. The van der Waals surface area contributed by atoms with Crippen LogP contribution in [0.25, 0.3) is 0 Å². The highest BCUT2D eigenvalue weighted by Gasteiger charge is 2.09. The Morgan fingerprint density at radius 1 is 1.44 bits per heavy atom. The molecule has 18 heavy (non-hydrogen) atoms. The van der Waals surface area contributed by atoms with Crippen LogP contribution in [0.5, 0.6) is 0 Å². The highest BCUT2D eigenvalue weighted by atomic mass is 19.1. The van der Waals surface area contributed by atoms with Crippen molar-refractivity contribution in [1.29, 1.82) is 0 Å². The lowest BCUT2D eigenvalue weighted by atomic mass is 10.2. The van der Waals surface area contributed by atoms with Crippen LogP contribution in [0, 0.1) is 5.95 Å². The summed E-state index contributed by atoms with van der Waals surface area (Å²) in [7, 11) is 0. The number of nitrogens with two attached hydrogens (primary N) is 1. The van der Waals surface area contributed by atoms with E-state index in [1.165, 1.54) is 18.3 Å². The number of carbonyl (C=O) groups excluding carboxylic acids is 1. The molecule has 1 aromatic heterocycles. The fraction of sp³-hybridized carbons (Fsp3) is 0.0769. The zero-order valence-corrected chi connectivity index (χ0v) is 9.58. The Balaban J connectivity index is 2.16. The van der Waals surface area contributed by atoms with Crippen molar-refractivity contribution in [3.8, 4) is 0 Å². The first kappa shape index (κ1) is 12.0. The third kappa shape index (κ3) is 3.04. The second kappa shape index (κ2) is 5.27. The lowest BCUT2D eigenvalue weighted by Gasteiger charge is -2.23. The molecule has 0 unspecified atom stereocenters. The van der Waals surface area contributed by atoms with E-state index in [4.69, 9.17) is 5.73 Å². The highest BCUT2D eigenvalue weighted by Crippen LogP contribution is 2.16. The Kier molecular flexibility index (Phi) is 3.52. The standard InChI is InChI=1S/C13H12FN3O/c14-12-5-4-10(8-16-12)9-17-6-2-1-3-11(17)7-13(15)18/h1-8H,9H2,(H2,15,18). The molecule has 2 rings (SSSR count). The minimum absolute atomic E-state index is 0.493. The Morgan fingerprint density at radius 3 is 2.94 bits per heavy atom. The number of pyridine rings is 1. The van der Waals surface area contributed by atoms with Crippen molar-refractivity contribution >= 4 is 5.91 Å². The first-order valence-electron chi connectivity index (χ1n) is 5.38. The topological polar surface area (TPSA) is 59.2 Å². The molecular formula is C13H12FN3O. The van der Waals surface area contributed by atoms with Gasteiger partial charge in [0.1, 0.15) is 0 Å². The summed E-state index contributed by atoms with van der Waals surface area (Å²) < 4.78 is 12.7. The molecule has 1 amide bonds. The van der Waals surface area contributed by atoms with E-state index in [-0.39, 0.29) is 0 Å². The van der Waals surface area contributed by atoms with Gasteiger partial charge in [-0.1, -0.05) is 12.1 Å². The summed E-state index contributed by atoms with van der Waals surface area (Å²) in [5.74, 6) is -1.02. The molecule has 1 aliphatic rings. The number of primary amides is 1. The number of halogens is 1. The zero-order chi connectivity index (χ0) is 13.0. The van der Waals surface area contributed by atoms with Crippen molar-refractivity contribution in [2.75, 3.05) is 0 Å². The lowest BCUT2D eigenvalue weighted by molar-refractivity contribution is -0.113. The molecule has 0 saturated heterocycles. The summed E-state index contributed by atoms with van der Waals surface area (Å²) in [4.78, 5) is 16.3. The van der Waals surface area contributed by atoms with E-state index in [0.29, 0.717) is 12.2 Å². The van der Waals surface area contributed by atoms with Crippen LogP contribution in [0.15, 0.2) is 54.5 Å². The molecule has 0 bridgehead atoms. The van der Waals surface area contributed by atoms with Crippen molar-refractivity contribution in [2.24, 2.45) is 5.73 Å². The number of hydrogen-bond donors (Lipinski definition) is 1. The predicted molar refractivity (Wildman–Crippen MR) is 65.3 cm³/mol. The molecule has 0 saturated carbocycles. The summed E-state index contributed by atoms with van der Waals surface area (Å²) in [5.41, 5.74) is 6.67. The molecule has 0 spiro atoms. The summed E-state index contributed by atoms with van der Waals surface area (Å²) in [6, 6.07) is 2.95. The van der Waals surface area contributed by atoms with Crippen LogP contribution in [-0.2, 0) is 11.3 Å². The van der Waals surface area contributed by atoms with Crippen molar-refractivity contribution in [2.45, 2.75) is 6.54 Å². The van der Waals surface area contributed by atoms with Gasteiger partial charge in [-0.15, -0.1) is 0 Å². The van der Waals surface area contributed by atoms with Gasteiger partial charge < -0.3 is 10.6 Å². The number of rotatable bonds is 3. The van der Waals surface area contributed by atoms with E-state index in [1.54, 1.807) is 12.1 Å². The summed E-state index contributed by atoms with van der Waals surface area (Å²) >= 11 is 0. The van der Waals surface area contributed by atoms with Crippen molar-refractivity contribution in [3.63, 3.8) is 0 Å². The number of hydrogen-bond acceptors (Lipinski definition) is 3. The lowest BCUT2D eigenvalue weighted by Crippen LogP contribution is -2.19. The van der Waals surface area contributed by atoms with Crippen LogP contribution in [0.2, 0.25) is 0 Å². The Bertz CT molecular complexity index is 532. The molecule has 4 nitrogen and oxygen atoms in total. The Hall–Kier alpha value is -2.43. The molecular weight excluding hydrogens is 233 g/mol. The Morgan fingerprint density at radius 2 is 2.28 bits per heavy atom. The van der Waals surface area contributed by atoms with Crippen LogP contribution >= 0.6 is 0 Å².